The Bertz CT molecular complexity index is 625. The molecule has 0 aromatic carbocycles. The summed E-state index contributed by atoms with van der Waals surface area (Å²) in [6.45, 7) is 1.84. The third kappa shape index (κ3) is 3.34. The second-order valence-corrected chi connectivity index (χ2v) is 8.18. The Morgan fingerprint density at radius 3 is 2.88 bits per heavy atom. The van der Waals surface area contributed by atoms with Gasteiger partial charge in [0.25, 0.3) is 0 Å². The molecule has 1 unspecified atom stereocenters. The van der Waals surface area contributed by atoms with E-state index in [9.17, 15) is 4.79 Å². The van der Waals surface area contributed by atoms with Crippen molar-refractivity contribution in [3.63, 3.8) is 0 Å². The van der Waals surface area contributed by atoms with Crippen molar-refractivity contribution in [2.24, 2.45) is 13.0 Å². The van der Waals surface area contributed by atoms with Crippen molar-refractivity contribution in [2.75, 3.05) is 20.2 Å². The van der Waals surface area contributed by atoms with Gasteiger partial charge in [0, 0.05) is 51.5 Å². The van der Waals surface area contributed by atoms with E-state index >= 15 is 0 Å². The first-order chi connectivity index (χ1) is 12.1. The Morgan fingerprint density at radius 1 is 1.36 bits per heavy atom. The van der Waals surface area contributed by atoms with Gasteiger partial charge in [0.15, 0.2) is 0 Å². The summed E-state index contributed by atoms with van der Waals surface area (Å²) >= 11 is 0. The monoisotopic (exact) mass is 346 g/mol. The van der Waals surface area contributed by atoms with E-state index in [1.165, 1.54) is 19.3 Å². The first-order valence-corrected chi connectivity index (χ1v) is 9.68. The summed E-state index contributed by atoms with van der Waals surface area (Å²) in [5.41, 5.74) is 1.32. The summed E-state index contributed by atoms with van der Waals surface area (Å²) in [4.78, 5) is 14.2. The highest BCUT2D eigenvalue weighted by molar-refractivity contribution is 5.77. The van der Waals surface area contributed by atoms with Crippen LogP contribution in [0.2, 0.25) is 0 Å². The quantitative estimate of drug-likeness (QED) is 0.906. The van der Waals surface area contributed by atoms with Gasteiger partial charge in [0.1, 0.15) is 0 Å². The third-order valence-electron chi connectivity index (χ3n) is 6.48. The Labute approximate surface area is 149 Å². The molecule has 4 rings (SSSR count). The van der Waals surface area contributed by atoms with Crippen molar-refractivity contribution < 1.29 is 9.53 Å². The van der Waals surface area contributed by atoms with Gasteiger partial charge in [0.2, 0.25) is 5.91 Å². The minimum Gasteiger partial charge on any atom is -0.375 e. The number of nitrogens with one attached hydrogen (secondary N) is 1. The Hall–Kier alpha value is -1.40. The molecule has 3 heterocycles. The van der Waals surface area contributed by atoms with Crippen molar-refractivity contribution in [1.82, 2.24) is 20.0 Å². The van der Waals surface area contributed by atoms with Crippen LogP contribution >= 0.6 is 0 Å². The lowest BCUT2D eigenvalue weighted by Crippen LogP contribution is -2.52. The number of hydrogen-bond donors (Lipinski definition) is 1. The molecule has 138 valence electrons. The zero-order chi connectivity index (χ0) is 17.4. The van der Waals surface area contributed by atoms with Crippen LogP contribution < -0.4 is 5.32 Å². The van der Waals surface area contributed by atoms with Crippen molar-refractivity contribution in [2.45, 2.75) is 62.6 Å². The molecule has 1 N–H and O–H groups in total. The van der Waals surface area contributed by atoms with E-state index < -0.39 is 0 Å². The first kappa shape index (κ1) is 17.0. The van der Waals surface area contributed by atoms with Crippen molar-refractivity contribution in [3.8, 4) is 0 Å². The zero-order valence-electron chi connectivity index (χ0n) is 15.4. The molecule has 6 heteroatoms. The van der Waals surface area contributed by atoms with Crippen LogP contribution in [0.5, 0.6) is 0 Å². The molecule has 3 aliphatic rings. The smallest absolute Gasteiger partial charge is 0.222 e. The second kappa shape index (κ2) is 6.72. The number of aromatic nitrogens is 2. The van der Waals surface area contributed by atoms with E-state index in [2.05, 4.69) is 10.4 Å². The second-order valence-electron chi connectivity index (χ2n) is 8.18. The van der Waals surface area contributed by atoms with Gasteiger partial charge in [-0.05, 0) is 44.4 Å². The highest BCUT2D eigenvalue weighted by Crippen LogP contribution is 2.42. The molecule has 0 radical (unpaired) electrons. The number of hydrogen-bond acceptors (Lipinski definition) is 4. The highest BCUT2D eigenvalue weighted by Gasteiger charge is 2.43. The summed E-state index contributed by atoms with van der Waals surface area (Å²) < 4.78 is 7.87. The topological polar surface area (TPSA) is 59.4 Å². The number of nitrogens with zero attached hydrogens (tertiary/aromatic N) is 3. The molecule has 1 amide bonds. The lowest BCUT2D eigenvalue weighted by molar-refractivity contribution is -0.138. The number of likely N-dealkylation sites (tertiary alicyclic amines) is 1. The molecule has 1 aliphatic carbocycles. The number of rotatable bonds is 4. The number of amides is 1. The van der Waals surface area contributed by atoms with Crippen LogP contribution in [0.25, 0.3) is 0 Å². The van der Waals surface area contributed by atoms with Gasteiger partial charge < -0.3 is 15.0 Å². The number of ether oxygens (including phenoxy) is 1. The van der Waals surface area contributed by atoms with Gasteiger partial charge in [-0.2, -0.15) is 5.10 Å². The fraction of sp³-hybridized carbons (Fsp3) is 0.789. The van der Waals surface area contributed by atoms with E-state index in [-0.39, 0.29) is 17.6 Å². The van der Waals surface area contributed by atoms with Crippen LogP contribution in [-0.4, -0.2) is 52.4 Å². The van der Waals surface area contributed by atoms with Gasteiger partial charge in [-0.25, -0.2) is 0 Å². The fourth-order valence-electron chi connectivity index (χ4n) is 4.86. The van der Waals surface area contributed by atoms with Gasteiger partial charge in [-0.15, -0.1) is 0 Å². The number of piperidine rings is 1. The molecule has 3 atom stereocenters. The van der Waals surface area contributed by atoms with Gasteiger partial charge >= 0.3 is 0 Å². The maximum atomic E-state index is 12.2. The van der Waals surface area contributed by atoms with E-state index in [4.69, 9.17) is 4.74 Å². The Balaban J connectivity index is 1.41. The summed E-state index contributed by atoms with van der Waals surface area (Å²) in [7, 11) is 3.87. The number of carbonyl (C=O) groups excluding carboxylic acids is 1. The third-order valence-corrected chi connectivity index (χ3v) is 6.48. The van der Waals surface area contributed by atoms with Crippen LogP contribution in [0.1, 0.15) is 56.6 Å². The lowest BCUT2D eigenvalue weighted by atomic mass is 9.74. The Kier molecular flexibility index (Phi) is 4.58. The highest BCUT2D eigenvalue weighted by atomic mass is 16.5. The molecular formula is C19H30N4O2. The van der Waals surface area contributed by atoms with Gasteiger partial charge in [-0.1, -0.05) is 0 Å². The minimum absolute atomic E-state index is 0.125. The van der Waals surface area contributed by atoms with Crippen LogP contribution in [0.4, 0.5) is 0 Å². The standard InChI is InChI=1S/C19H30N4O2/c1-22-13-15(12-21-22)18-14(4-5-17(24)23(18)2)11-20-16-6-9-25-19(10-16)7-3-8-19/h12-14,16,18,20H,3-11H2,1-2H3/t14-,16?,18+/m1/s1. The molecular weight excluding hydrogens is 316 g/mol. The van der Waals surface area contributed by atoms with Gasteiger partial charge in [-0.3, -0.25) is 9.48 Å². The molecule has 1 spiro atoms. The molecule has 3 fully saturated rings. The van der Waals surface area contributed by atoms with E-state index in [0.29, 0.717) is 18.4 Å². The predicted octanol–water partition coefficient (Wildman–Crippen LogP) is 2.02. The summed E-state index contributed by atoms with van der Waals surface area (Å²) in [5.74, 6) is 0.677. The SMILES string of the molecule is CN1C(=O)CC[C@H](CNC2CCOC3(CCC3)C2)[C@H]1c1cnn(C)c1. The number of aryl methyl sites for hydroxylation is 1. The van der Waals surface area contributed by atoms with Gasteiger partial charge in [0.05, 0.1) is 17.8 Å². The minimum atomic E-state index is 0.125. The van der Waals surface area contributed by atoms with Crippen molar-refractivity contribution in [3.05, 3.63) is 18.0 Å². The molecule has 2 saturated heterocycles. The predicted molar refractivity (Wildman–Crippen MR) is 95.0 cm³/mol. The summed E-state index contributed by atoms with van der Waals surface area (Å²) in [5, 5.41) is 8.13. The molecule has 1 saturated carbocycles. The first-order valence-electron chi connectivity index (χ1n) is 9.68. The van der Waals surface area contributed by atoms with Crippen LogP contribution in [-0.2, 0) is 16.6 Å². The van der Waals surface area contributed by atoms with Crippen molar-refractivity contribution in [1.29, 1.82) is 0 Å². The van der Waals surface area contributed by atoms with Crippen LogP contribution in [0.3, 0.4) is 0 Å². The maximum Gasteiger partial charge on any atom is 0.222 e. The molecule has 1 aromatic heterocycles. The van der Waals surface area contributed by atoms with Crippen LogP contribution in [0.15, 0.2) is 12.4 Å². The molecule has 25 heavy (non-hydrogen) atoms. The molecule has 0 bridgehead atoms. The Morgan fingerprint density at radius 2 is 2.20 bits per heavy atom. The summed E-state index contributed by atoms with van der Waals surface area (Å²) in [6.07, 6.45) is 11.6. The van der Waals surface area contributed by atoms with E-state index in [0.717, 1.165) is 38.0 Å². The maximum absolute atomic E-state index is 12.2. The lowest BCUT2D eigenvalue weighted by Gasteiger charge is -2.48. The largest absolute Gasteiger partial charge is 0.375 e. The molecule has 6 nitrogen and oxygen atoms in total. The van der Waals surface area contributed by atoms with Crippen molar-refractivity contribution >= 4 is 5.91 Å². The number of carbonyl (C=O) groups is 1. The average Bonchev–Trinajstić information content (AvgIpc) is 3.00. The van der Waals surface area contributed by atoms with E-state index in [1.807, 2.05) is 36.1 Å². The van der Waals surface area contributed by atoms with Crippen LogP contribution in [0, 0.1) is 5.92 Å². The average molecular weight is 346 g/mol. The fourth-order valence-corrected chi connectivity index (χ4v) is 4.86. The normalized spacial score (nSPS) is 32.0. The molecule has 2 aliphatic heterocycles. The summed E-state index contributed by atoms with van der Waals surface area (Å²) in [6, 6.07) is 0.673. The van der Waals surface area contributed by atoms with E-state index in [1.54, 1.807) is 0 Å². The molecule has 1 aromatic rings. The zero-order valence-corrected chi connectivity index (χ0v) is 15.4.